The first-order valence-electron chi connectivity index (χ1n) is 5.65. The summed E-state index contributed by atoms with van der Waals surface area (Å²) in [5.41, 5.74) is 0.613. The minimum absolute atomic E-state index is 0.128. The second-order valence-electron chi connectivity index (χ2n) is 3.81. The number of amides is 1. The summed E-state index contributed by atoms with van der Waals surface area (Å²) in [5, 5.41) is 0. The van der Waals surface area contributed by atoms with E-state index in [0.717, 1.165) is 0 Å². The molecule has 0 saturated carbocycles. The number of carbonyl (C=O) groups excluding carboxylic acids is 1. The Kier molecular flexibility index (Phi) is 5.10. The molecule has 1 rings (SSSR count). The van der Waals surface area contributed by atoms with E-state index >= 15 is 0 Å². The number of carbonyl (C=O) groups is 1. The van der Waals surface area contributed by atoms with E-state index in [4.69, 9.17) is 4.74 Å². The van der Waals surface area contributed by atoms with Crippen LogP contribution in [0.15, 0.2) is 18.2 Å². The van der Waals surface area contributed by atoms with Crippen molar-refractivity contribution in [2.45, 2.75) is 13.8 Å². The molecule has 0 spiro atoms. The summed E-state index contributed by atoms with van der Waals surface area (Å²) in [6.07, 6.45) is 0. The highest BCUT2D eigenvalue weighted by Gasteiger charge is 2.18. The van der Waals surface area contributed by atoms with Gasteiger partial charge in [-0.1, -0.05) is 12.1 Å². The maximum atomic E-state index is 13.8. The Morgan fingerprint density at radius 2 is 2.18 bits per heavy atom. The molecule has 0 aliphatic rings. The van der Waals surface area contributed by atoms with E-state index in [0.29, 0.717) is 25.3 Å². The molecule has 1 aromatic carbocycles. The highest BCUT2D eigenvalue weighted by molar-refractivity contribution is 5.94. The second kappa shape index (κ2) is 6.35. The molecule has 0 saturated heterocycles. The SMILES string of the molecule is CCN(CCOC)C(=O)c1cccc(C)c1F. The summed E-state index contributed by atoms with van der Waals surface area (Å²) in [5.74, 6) is -0.723. The van der Waals surface area contributed by atoms with Gasteiger partial charge in [0.1, 0.15) is 5.82 Å². The van der Waals surface area contributed by atoms with Crippen LogP contribution in [0.1, 0.15) is 22.8 Å². The number of benzene rings is 1. The summed E-state index contributed by atoms with van der Waals surface area (Å²) in [7, 11) is 1.57. The topological polar surface area (TPSA) is 29.5 Å². The molecule has 0 heterocycles. The molecule has 0 atom stereocenters. The van der Waals surface area contributed by atoms with E-state index in [1.807, 2.05) is 6.92 Å². The lowest BCUT2D eigenvalue weighted by Crippen LogP contribution is -2.34. The third-order valence-electron chi connectivity index (χ3n) is 2.66. The first-order chi connectivity index (χ1) is 8.11. The second-order valence-corrected chi connectivity index (χ2v) is 3.81. The van der Waals surface area contributed by atoms with Crippen molar-refractivity contribution < 1.29 is 13.9 Å². The number of methoxy groups -OCH3 is 1. The number of likely N-dealkylation sites (N-methyl/N-ethyl adjacent to an activating group) is 1. The molecule has 0 bridgehead atoms. The van der Waals surface area contributed by atoms with E-state index in [9.17, 15) is 9.18 Å². The van der Waals surface area contributed by atoms with Gasteiger partial charge in [0, 0.05) is 20.2 Å². The van der Waals surface area contributed by atoms with Crippen molar-refractivity contribution in [1.82, 2.24) is 4.90 Å². The molecular weight excluding hydrogens is 221 g/mol. The van der Waals surface area contributed by atoms with Crippen LogP contribution < -0.4 is 0 Å². The zero-order chi connectivity index (χ0) is 12.8. The Hall–Kier alpha value is -1.42. The quantitative estimate of drug-likeness (QED) is 0.788. The van der Waals surface area contributed by atoms with Crippen LogP contribution in [0, 0.1) is 12.7 Å². The summed E-state index contributed by atoms with van der Waals surface area (Å²) in [4.78, 5) is 13.7. The Balaban J connectivity index is 2.90. The molecule has 4 heteroatoms. The molecule has 0 aliphatic carbocycles. The number of nitrogens with zero attached hydrogens (tertiary/aromatic N) is 1. The number of aryl methyl sites for hydroxylation is 1. The molecule has 0 aromatic heterocycles. The van der Waals surface area contributed by atoms with Crippen LogP contribution in [0.5, 0.6) is 0 Å². The number of hydrogen-bond donors (Lipinski definition) is 0. The highest BCUT2D eigenvalue weighted by Crippen LogP contribution is 2.14. The summed E-state index contributed by atoms with van der Waals surface area (Å²) in [6, 6.07) is 4.85. The number of hydrogen-bond acceptors (Lipinski definition) is 2. The average Bonchev–Trinajstić information content (AvgIpc) is 2.33. The molecule has 1 amide bonds. The van der Waals surface area contributed by atoms with E-state index in [-0.39, 0.29) is 11.5 Å². The Morgan fingerprint density at radius 3 is 2.76 bits per heavy atom. The number of ether oxygens (including phenoxy) is 1. The fourth-order valence-electron chi connectivity index (χ4n) is 1.59. The van der Waals surface area contributed by atoms with Gasteiger partial charge in [-0.05, 0) is 25.5 Å². The molecule has 0 radical (unpaired) electrons. The van der Waals surface area contributed by atoms with Gasteiger partial charge in [-0.25, -0.2) is 4.39 Å². The van der Waals surface area contributed by atoms with Crippen LogP contribution in [0.25, 0.3) is 0 Å². The van der Waals surface area contributed by atoms with Gasteiger partial charge in [0.15, 0.2) is 0 Å². The molecule has 3 nitrogen and oxygen atoms in total. The standard InChI is InChI=1S/C13H18FNO2/c1-4-15(8-9-17-3)13(16)11-7-5-6-10(2)12(11)14/h5-7H,4,8-9H2,1-3H3. The van der Waals surface area contributed by atoms with Gasteiger partial charge in [0.2, 0.25) is 0 Å². The van der Waals surface area contributed by atoms with Crippen molar-refractivity contribution in [3.05, 3.63) is 35.1 Å². The fraction of sp³-hybridized carbons (Fsp3) is 0.462. The van der Waals surface area contributed by atoms with E-state index in [2.05, 4.69) is 0 Å². The van der Waals surface area contributed by atoms with E-state index < -0.39 is 5.82 Å². The molecule has 1 aromatic rings. The van der Waals surface area contributed by atoms with Crippen molar-refractivity contribution in [3.63, 3.8) is 0 Å². The van der Waals surface area contributed by atoms with Crippen molar-refractivity contribution in [2.75, 3.05) is 26.8 Å². The minimum Gasteiger partial charge on any atom is -0.383 e. The van der Waals surface area contributed by atoms with Crippen LogP contribution in [0.4, 0.5) is 4.39 Å². The summed E-state index contributed by atoms with van der Waals surface area (Å²) < 4.78 is 18.7. The van der Waals surface area contributed by atoms with E-state index in [1.54, 1.807) is 31.1 Å². The largest absolute Gasteiger partial charge is 0.383 e. The summed E-state index contributed by atoms with van der Waals surface area (Å²) >= 11 is 0. The Bertz CT molecular complexity index is 393. The highest BCUT2D eigenvalue weighted by atomic mass is 19.1. The van der Waals surface area contributed by atoms with Crippen LogP contribution in [-0.4, -0.2) is 37.6 Å². The first kappa shape index (κ1) is 13.6. The van der Waals surface area contributed by atoms with Gasteiger partial charge in [0.05, 0.1) is 12.2 Å². The normalized spacial score (nSPS) is 10.4. The fourth-order valence-corrected chi connectivity index (χ4v) is 1.59. The van der Waals surface area contributed by atoms with Crippen molar-refractivity contribution in [1.29, 1.82) is 0 Å². The zero-order valence-corrected chi connectivity index (χ0v) is 10.5. The van der Waals surface area contributed by atoms with Gasteiger partial charge < -0.3 is 9.64 Å². The predicted octanol–water partition coefficient (Wildman–Crippen LogP) is 2.24. The Morgan fingerprint density at radius 1 is 1.47 bits per heavy atom. The van der Waals surface area contributed by atoms with Crippen molar-refractivity contribution in [3.8, 4) is 0 Å². The predicted molar refractivity (Wildman–Crippen MR) is 64.6 cm³/mol. The molecule has 0 unspecified atom stereocenters. The average molecular weight is 239 g/mol. The van der Waals surface area contributed by atoms with Crippen molar-refractivity contribution >= 4 is 5.91 Å². The maximum Gasteiger partial charge on any atom is 0.256 e. The van der Waals surface area contributed by atoms with Gasteiger partial charge in [-0.2, -0.15) is 0 Å². The smallest absolute Gasteiger partial charge is 0.256 e. The third-order valence-corrected chi connectivity index (χ3v) is 2.66. The molecule has 0 fully saturated rings. The van der Waals surface area contributed by atoms with Crippen LogP contribution in [0.3, 0.4) is 0 Å². The van der Waals surface area contributed by atoms with Crippen LogP contribution in [-0.2, 0) is 4.74 Å². The molecule has 0 N–H and O–H groups in total. The number of halogens is 1. The number of rotatable bonds is 5. The van der Waals surface area contributed by atoms with E-state index in [1.165, 1.54) is 6.07 Å². The van der Waals surface area contributed by atoms with Gasteiger partial charge in [-0.3, -0.25) is 4.79 Å². The first-order valence-corrected chi connectivity index (χ1v) is 5.65. The molecule has 94 valence electrons. The van der Waals surface area contributed by atoms with Crippen LogP contribution in [0.2, 0.25) is 0 Å². The lowest BCUT2D eigenvalue weighted by atomic mass is 10.1. The molecule has 17 heavy (non-hydrogen) atoms. The van der Waals surface area contributed by atoms with Gasteiger partial charge >= 0.3 is 0 Å². The lowest BCUT2D eigenvalue weighted by Gasteiger charge is -2.21. The van der Waals surface area contributed by atoms with Crippen molar-refractivity contribution in [2.24, 2.45) is 0 Å². The summed E-state index contributed by atoms with van der Waals surface area (Å²) in [6.45, 7) is 4.97. The lowest BCUT2D eigenvalue weighted by molar-refractivity contribution is 0.0701. The monoisotopic (exact) mass is 239 g/mol. The molecule has 0 aliphatic heterocycles. The van der Waals surface area contributed by atoms with Gasteiger partial charge in [-0.15, -0.1) is 0 Å². The third kappa shape index (κ3) is 3.27. The molecular formula is C13H18FNO2. The van der Waals surface area contributed by atoms with Crippen LogP contribution >= 0.6 is 0 Å². The zero-order valence-electron chi connectivity index (χ0n) is 10.5. The minimum atomic E-state index is -0.437. The maximum absolute atomic E-state index is 13.8. The van der Waals surface area contributed by atoms with Gasteiger partial charge in [0.25, 0.3) is 5.91 Å². The Labute approximate surface area is 101 Å².